The number of aromatic nitrogens is 1. The van der Waals surface area contributed by atoms with Crippen molar-refractivity contribution in [2.24, 2.45) is 0 Å². The molecule has 3 heterocycles. The van der Waals surface area contributed by atoms with E-state index in [0.717, 1.165) is 41.7 Å². The Morgan fingerprint density at radius 2 is 1.78 bits per heavy atom. The summed E-state index contributed by atoms with van der Waals surface area (Å²) < 4.78 is 29.6. The fourth-order valence-electron chi connectivity index (χ4n) is 5.52. The monoisotopic (exact) mass is 560 g/mol. The molecule has 7 nitrogen and oxygen atoms in total. The van der Waals surface area contributed by atoms with Gasteiger partial charge in [0.2, 0.25) is 15.9 Å². The van der Waals surface area contributed by atoms with E-state index in [2.05, 4.69) is 23.7 Å². The molecule has 10 heteroatoms. The SMILES string of the molecule is Cc1nc(CN(C2CCN(C3CCN(C(C)C)CC3)C2=O)S(=O)(=O)c2ccc3cc(Cl)ccc3c2)cs1. The van der Waals surface area contributed by atoms with Gasteiger partial charge in [0.15, 0.2) is 0 Å². The summed E-state index contributed by atoms with van der Waals surface area (Å²) in [4.78, 5) is 22.8. The number of sulfonamides is 1. The van der Waals surface area contributed by atoms with E-state index in [-0.39, 0.29) is 23.4 Å². The summed E-state index contributed by atoms with van der Waals surface area (Å²) in [6.07, 6.45) is 2.32. The zero-order valence-electron chi connectivity index (χ0n) is 21.4. The zero-order chi connectivity index (χ0) is 26.3. The maximum absolute atomic E-state index is 14.1. The Bertz CT molecular complexity index is 1400. The molecule has 0 spiro atoms. The number of carbonyl (C=O) groups is 1. The lowest BCUT2D eigenvalue weighted by Crippen LogP contribution is -2.50. The molecule has 0 aliphatic carbocycles. The molecule has 0 bridgehead atoms. The highest BCUT2D eigenvalue weighted by Gasteiger charge is 2.44. The Morgan fingerprint density at radius 3 is 2.46 bits per heavy atom. The van der Waals surface area contributed by atoms with Crippen LogP contribution in [0, 0.1) is 6.92 Å². The summed E-state index contributed by atoms with van der Waals surface area (Å²) in [5.74, 6) is -0.0916. The fraction of sp³-hybridized carbons (Fsp3) is 0.481. The maximum Gasteiger partial charge on any atom is 0.244 e. The third kappa shape index (κ3) is 5.43. The second-order valence-electron chi connectivity index (χ2n) is 10.3. The van der Waals surface area contributed by atoms with Gasteiger partial charge in [0.1, 0.15) is 6.04 Å². The van der Waals surface area contributed by atoms with Crippen molar-refractivity contribution in [2.75, 3.05) is 19.6 Å². The first-order valence-electron chi connectivity index (χ1n) is 12.8. The molecule has 2 saturated heterocycles. The molecule has 0 N–H and O–H groups in total. The summed E-state index contributed by atoms with van der Waals surface area (Å²) in [6.45, 7) is 8.85. The zero-order valence-corrected chi connectivity index (χ0v) is 23.8. The van der Waals surface area contributed by atoms with Gasteiger partial charge in [-0.3, -0.25) is 4.79 Å². The summed E-state index contributed by atoms with van der Waals surface area (Å²) >= 11 is 7.60. The minimum Gasteiger partial charge on any atom is -0.338 e. The molecule has 37 heavy (non-hydrogen) atoms. The number of thiazole rings is 1. The fourth-order valence-corrected chi connectivity index (χ4v) is 7.93. The van der Waals surface area contributed by atoms with Gasteiger partial charge in [0.05, 0.1) is 22.1 Å². The topological polar surface area (TPSA) is 73.8 Å². The number of aryl methyl sites for hydroxylation is 1. The number of piperidine rings is 1. The van der Waals surface area contributed by atoms with Crippen LogP contribution in [0.1, 0.15) is 43.8 Å². The molecule has 3 aromatic rings. The smallest absolute Gasteiger partial charge is 0.244 e. The Morgan fingerprint density at radius 1 is 1.08 bits per heavy atom. The molecule has 5 rings (SSSR count). The third-order valence-corrected chi connectivity index (χ3v) is 10.5. The molecule has 2 aliphatic rings. The second-order valence-corrected chi connectivity index (χ2v) is 13.6. The van der Waals surface area contributed by atoms with Gasteiger partial charge in [-0.15, -0.1) is 11.3 Å². The first-order chi connectivity index (χ1) is 17.6. The standard InChI is InChI=1S/C27H33ClN4O3S2/c1-18(2)30-11-8-24(9-12-30)31-13-10-26(27(31)33)32(16-23-17-36-19(3)29-23)37(34,35)25-7-5-20-14-22(28)6-4-21(20)15-25/h4-7,14-15,17-18,24,26H,8-13,16H2,1-3H3. The number of hydrogen-bond acceptors (Lipinski definition) is 6. The first kappa shape index (κ1) is 26.6. The van der Waals surface area contributed by atoms with Gasteiger partial charge in [-0.1, -0.05) is 23.7 Å². The molecular formula is C27H33ClN4O3S2. The van der Waals surface area contributed by atoms with Gasteiger partial charge in [0, 0.05) is 42.1 Å². The minimum atomic E-state index is -3.97. The number of carbonyl (C=O) groups excluding carboxylic acids is 1. The highest BCUT2D eigenvalue weighted by atomic mass is 35.5. The average molecular weight is 561 g/mol. The molecule has 1 unspecified atom stereocenters. The van der Waals surface area contributed by atoms with Crippen LogP contribution >= 0.6 is 22.9 Å². The number of amides is 1. The van der Waals surface area contributed by atoms with E-state index in [0.29, 0.717) is 29.7 Å². The number of likely N-dealkylation sites (tertiary alicyclic amines) is 2. The predicted molar refractivity (Wildman–Crippen MR) is 148 cm³/mol. The number of benzene rings is 2. The van der Waals surface area contributed by atoms with Crippen molar-refractivity contribution in [1.82, 2.24) is 19.1 Å². The number of fused-ring (bicyclic) bond motifs is 1. The number of rotatable bonds is 7. The highest BCUT2D eigenvalue weighted by molar-refractivity contribution is 7.89. The normalized spacial score (nSPS) is 20.1. The van der Waals surface area contributed by atoms with Gasteiger partial charge in [-0.2, -0.15) is 4.31 Å². The lowest BCUT2D eigenvalue weighted by molar-refractivity contribution is -0.133. The molecule has 1 aromatic heterocycles. The Hall–Kier alpha value is -2.04. The molecule has 2 aliphatic heterocycles. The summed E-state index contributed by atoms with van der Waals surface area (Å²) in [7, 11) is -3.97. The molecule has 198 valence electrons. The van der Waals surface area contributed by atoms with Crippen molar-refractivity contribution in [1.29, 1.82) is 0 Å². The van der Waals surface area contributed by atoms with Gasteiger partial charge in [-0.25, -0.2) is 13.4 Å². The number of nitrogens with zero attached hydrogens (tertiary/aromatic N) is 4. The molecule has 0 saturated carbocycles. The van der Waals surface area contributed by atoms with Crippen LogP contribution in [0.3, 0.4) is 0 Å². The maximum atomic E-state index is 14.1. The van der Waals surface area contributed by atoms with E-state index in [9.17, 15) is 13.2 Å². The largest absolute Gasteiger partial charge is 0.338 e. The van der Waals surface area contributed by atoms with Crippen LogP contribution in [0.2, 0.25) is 5.02 Å². The third-order valence-electron chi connectivity index (χ3n) is 7.59. The minimum absolute atomic E-state index is 0.0708. The van der Waals surface area contributed by atoms with Crippen molar-refractivity contribution < 1.29 is 13.2 Å². The van der Waals surface area contributed by atoms with Crippen LogP contribution in [-0.2, 0) is 21.4 Å². The number of halogens is 1. The van der Waals surface area contributed by atoms with E-state index < -0.39 is 16.1 Å². The summed E-state index contributed by atoms with van der Waals surface area (Å²) in [5, 5.41) is 4.99. The van der Waals surface area contributed by atoms with Crippen molar-refractivity contribution in [3.05, 3.63) is 57.5 Å². The quantitative estimate of drug-likeness (QED) is 0.410. The van der Waals surface area contributed by atoms with Crippen LogP contribution in [-0.4, -0.2) is 71.2 Å². The first-order valence-corrected chi connectivity index (χ1v) is 15.5. The molecule has 2 fully saturated rings. The molecule has 0 radical (unpaired) electrons. The van der Waals surface area contributed by atoms with Crippen molar-refractivity contribution in [3.63, 3.8) is 0 Å². The van der Waals surface area contributed by atoms with Crippen molar-refractivity contribution in [3.8, 4) is 0 Å². The molecular weight excluding hydrogens is 528 g/mol. The van der Waals surface area contributed by atoms with Crippen LogP contribution in [0.25, 0.3) is 10.8 Å². The van der Waals surface area contributed by atoms with Gasteiger partial charge < -0.3 is 9.80 Å². The Balaban J connectivity index is 1.44. The lowest BCUT2D eigenvalue weighted by Gasteiger charge is -2.38. The van der Waals surface area contributed by atoms with Gasteiger partial charge in [0.25, 0.3) is 0 Å². The van der Waals surface area contributed by atoms with Crippen molar-refractivity contribution >= 4 is 49.6 Å². The Labute approximate surface area is 228 Å². The number of hydrogen-bond donors (Lipinski definition) is 0. The van der Waals surface area contributed by atoms with E-state index in [1.807, 2.05) is 29.3 Å². The molecule has 1 atom stereocenters. The van der Waals surface area contributed by atoms with E-state index in [4.69, 9.17) is 11.6 Å². The highest BCUT2D eigenvalue weighted by Crippen LogP contribution is 2.32. The van der Waals surface area contributed by atoms with E-state index in [1.165, 1.54) is 15.6 Å². The van der Waals surface area contributed by atoms with E-state index in [1.54, 1.807) is 24.3 Å². The van der Waals surface area contributed by atoms with Crippen LogP contribution in [0.15, 0.2) is 46.7 Å². The van der Waals surface area contributed by atoms with Gasteiger partial charge in [-0.05, 0) is 75.1 Å². The van der Waals surface area contributed by atoms with Gasteiger partial charge >= 0.3 is 0 Å². The summed E-state index contributed by atoms with van der Waals surface area (Å²) in [5.41, 5.74) is 0.662. The second kappa shape index (κ2) is 10.6. The van der Waals surface area contributed by atoms with Crippen LogP contribution in [0.4, 0.5) is 0 Å². The lowest BCUT2D eigenvalue weighted by atomic mass is 10.0. The molecule has 2 aromatic carbocycles. The van der Waals surface area contributed by atoms with Crippen LogP contribution < -0.4 is 0 Å². The van der Waals surface area contributed by atoms with Crippen LogP contribution in [0.5, 0.6) is 0 Å². The average Bonchev–Trinajstić information content (AvgIpc) is 3.46. The van der Waals surface area contributed by atoms with E-state index >= 15 is 0 Å². The summed E-state index contributed by atoms with van der Waals surface area (Å²) in [6, 6.07) is 10.3. The van der Waals surface area contributed by atoms with Crippen molar-refractivity contribution in [2.45, 2.75) is 69.6 Å². The Kier molecular flexibility index (Phi) is 7.62. The molecule has 1 amide bonds. The predicted octanol–water partition coefficient (Wildman–Crippen LogP) is 4.92.